The van der Waals surface area contributed by atoms with Crippen LogP contribution in [0.5, 0.6) is 0 Å². The van der Waals surface area contributed by atoms with Crippen LogP contribution in [-0.4, -0.2) is 28.8 Å². The maximum absolute atomic E-state index is 11.8. The number of hydrogen-bond acceptors (Lipinski definition) is 3. The summed E-state index contributed by atoms with van der Waals surface area (Å²) in [6.45, 7) is 6.99. The molecule has 1 amide bonds. The first kappa shape index (κ1) is 12.7. The van der Waals surface area contributed by atoms with Gasteiger partial charge in [-0.3, -0.25) is 9.48 Å². The van der Waals surface area contributed by atoms with Gasteiger partial charge >= 0.3 is 0 Å². The number of carbonyl (C=O) groups is 1. The van der Waals surface area contributed by atoms with Crippen molar-refractivity contribution in [3.8, 4) is 0 Å². The first-order valence-corrected chi connectivity index (χ1v) is 5.34. The van der Waals surface area contributed by atoms with Crippen LogP contribution in [0.4, 0.5) is 0 Å². The molecule has 0 spiro atoms. The lowest BCUT2D eigenvalue weighted by Gasteiger charge is -2.22. The number of nitrogens with zero attached hydrogens (tertiary/aromatic N) is 2. The molecule has 3 N–H and O–H groups in total. The Hall–Kier alpha value is -1.36. The fourth-order valence-corrected chi connectivity index (χ4v) is 1.31. The van der Waals surface area contributed by atoms with Crippen LogP contribution in [0.1, 0.15) is 30.0 Å². The molecule has 0 radical (unpaired) electrons. The number of amides is 1. The molecule has 0 atom stereocenters. The van der Waals surface area contributed by atoms with Crippen LogP contribution in [0.2, 0.25) is 0 Å². The highest BCUT2D eigenvalue weighted by Crippen LogP contribution is 2.10. The van der Waals surface area contributed by atoms with Crippen molar-refractivity contribution in [2.75, 3.05) is 13.1 Å². The molecule has 5 heteroatoms. The number of hydrogen-bond donors (Lipinski definition) is 2. The first-order chi connectivity index (χ1) is 7.35. The van der Waals surface area contributed by atoms with E-state index < -0.39 is 0 Å². The number of carbonyl (C=O) groups excluding carboxylic acids is 1. The monoisotopic (exact) mass is 224 g/mol. The summed E-state index contributed by atoms with van der Waals surface area (Å²) in [5, 5.41) is 6.99. The summed E-state index contributed by atoms with van der Waals surface area (Å²) in [6, 6.07) is 1.77. The van der Waals surface area contributed by atoms with Crippen molar-refractivity contribution in [3.05, 3.63) is 17.5 Å². The first-order valence-electron chi connectivity index (χ1n) is 5.34. The van der Waals surface area contributed by atoms with Crippen molar-refractivity contribution in [1.82, 2.24) is 15.1 Å². The lowest BCUT2D eigenvalue weighted by Crippen LogP contribution is -2.38. The Labute approximate surface area is 96.0 Å². The molecule has 90 valence electrons. The van der Waals surface area contributed by atoms with E-state index in [1.807, 2.05) is 20.8 Å². The highest BCUT2D eigenvalue weighted by atomic mass is 16.2. The number of nitrogens with two attached hydrogens (primary N) is 1. The molecular formula is C11H20N4O. The van der Waals surface area contributed by atoms with Crippen molar-refractivity contribution in [2.24, 2.45) is 18.2 Å². The van der Waals surface area contributed by atoms with Gasteiger partial charge in [-0.2, -0.15) is 5.10 Å². The van der Waals surface area contributed by atoms with Crippen LogP contribution in [0.3, 0.4) is 0 Å². The number of rotatable bonds is 4. The summed E-state index contributed by atoms with van der Waals surface area (Å²) in [4.78, 5) is 11.8. The van der Waals surface area contributed by atoms with Gasteiger partial charge in [0.15, 0.2) is 0 Å². The quantitative estimate of drug-likeness (QED) is 0.779. The topological polar surface area (TPSA) is 72.9 Å². The molecule has 0 aliphatic rings. The van der Waals surface area contributed by atoms with Gasteiger partial charge in [-0.25, -0.2) is 0 Å². The zero-order chi connectivity index (χ0) is 12.3. The average molecular weight is 224 g/mol. The Kier molecular flexibility index (Phi) is 3.70. The molecule has 0 fully saturated rings. The molecule has 0 bridgehead atoms. The van der Waals surface area contributed by atoms with Gasteiger partial charge < -0.3 is 11.1 Å². The molecule has 0 aromatic carbocycles. The molecular weight excluding hydrogens is 204 g/mol. The van der Waals surface area contributed by atoms with E-state index in [9.17, 15) is 4.79 Å². The molecule has 16 heavy (non-hydrogen) atoms. The summed E-state index contributed by atoms with van der Waals surface area (Å²) in [7, 11) is 1.76. The van der Waals surface area contributed by atoms with E-state index in [4.69, 9.17) is 5.73 Å². The van der Waals surface area contributed by atoms with E-state index in [1.165, 1.54) is 0 Å². The second kappa shape index (κ2) is 4.65. The minimum absolute atomic E-state index is 0.0801. The molecule has 1 rings (SSSR count). The van der Waals surface area contributed by atoms with Crippen LogP contribution in [0, 0.1) is 12.3 Å². The third-order valence-corrected chi connectivity index (χ3v) is 2.51. The Balaban J connectivity index is 2.63. The minimum Gasteiger partial charge on any atom is -0.350 e. The lowest BCUT2D eigenvalue weighted by atomic mass is 9.94. The molecule has 0 unspecified atom stereocenters. The van der Waals surface area contributed by atoms with Crippen LogP contribution >= 0.6 is 0 Å². The van der Waals surface area contributed by atoms with Gasteiger partial charge in [-0.1, -0.05) is 13.8 Å². The van der Waals surface area contributed by atoms with E-state index >= 15 is 0 Å². The largest absolute Gasteiger partial charge is 0.350 e. The van der Waals surface area contributed by atoms with Crippen molar-refractivity contribution in [1.29, 1.82) is 0 Å². The predicted octanol–water partition coefficient (Wildman–Crippen LogP) is 0.443. The fraction of sp³-hybridized carbons (Fsp3) is 0.636. The molecule has 0 saturated heterocycles. The maximum atomic E-state index is 11.8. The van der Waals surface area contributed by atoms with Gasteiger partial charge in [0, 0.05) is 13.6 Å². The molecule has 0 saturated carbocycles. The molecule has 1 aromatic heterocycles. The summed E-state index contributed by atoms with van der Waals surface area (Å²) in [5.41, 5.74) is 6.93. The van der Waals surface area contributed by atoms with Gasteiger partial charge in [0.05, 0.1) is 5.69 Å². The zero-order valence-corrected chi connectivity index (χ0v) is 10.4. The number of nitrogens with one attached hydrogen (secondary N) is 1. The molecule has 0 aliphatic carbocycles. The van der Waals surface area contributed by atoms with Crippen LogP contribution in [-0.2, 0) is 7.05 Å². The van der Waals surface area contributed by atoms with Crippen LogP contribution in [0.25, 0.3) is 0 Å². The minimum atomic E-state index is -0.107. The highest BCUT2D eigenvalue weighted by molar-refractivity contribution is 5.92. The van der Waals surface area contributed by atoms with E-state index in [0.29, 0.717) is 18.8 Å². The Morgan fingerprint density at radius 1 is 1.62 bits per heavy atom. The summed E-state index contributed by atoms with van der Waals surface area (Å²) >= 11 is 0. The zero-order valence-electron chi connectivity index (χ0n) is 10.4. The molecule has 1 heterocycles. The van der Waals surface area contributed by atoms with Crippen molar-refractivity contribution < 1.29 is 4.79 Å². The van der Waals surface area contributed by atoms with E-state index in [2.05, 4.69) is 10.4 Å². The van der Waals surface area contributed by atoms with E-state index in [0.717, 1.165) is 5.69 Å². The number of aryl methyl sites for hydroxylation is 2. The lowest BCUT2D eigenvalue weighted by molar-refractivity contribution is 0.0928. The Morgan fingerprint density at radius 3 is 2.69 bits per heavy atom. The summed E-state index contributed by atoms with van der Waals surface area (Å²) in [5.74, 6) is -0.107. The van der Waals surface area contributed by atoms with Gasteiger partial charge in [0.1, 0.15) is 5.69 Å². The molecule has 0 aliphatic heterocycles. The summed E-state index contributed by atoms with van der Waals surface area (Å²) in [6.07, 6.45) is 0. The fourth-order valence-electron chi connectivity index (χ4n) is 1.31. The number of aromatic nitrogens is 2. The van der Waals surface area contributed by atoms with Crippen molar-refractivity contribution in [2.45, 2.75) is 20.8 Å². The standard InChI is InChI=1S/C11H20N4O/c1-8-5-9(15(4)14-8)10(16)13-7-11(2,3)6-12/h5H,6-7,12H2,1-4H3,(H,13,16). The Bertz CT molecular complexity index is 381. The van der Waals surface area contributed by atoms with Gasteiger partial charge in [0.25, 0.3) is 5.91 Å². The molecule has 5 nitrogen and oxygen atoms in total. The summed E-state index contributed by atoms with van der Waals surface area (Å²) < 4.78 is 1.58. The third-order valence-electron chi connectivity index (χ3n) is 2.51. The second-order valence-corrected chi connectivity index (χ2v) is 4.85. The van der Waals surface area contributed by atoms with E-state index in [1.54, 1.807) is 17.8 Å². The average Bonchev–Trinajstić information content (AvgIpc) is 2.54. The van der Waals surface area contributed by atoms with E-state index in [-0.39, 0.29) is 11.3 Å². The molecule has 1 aromatic rings. The second-order valence-electron chi connectivity index (χ2n) is 4.85. The Morgan fingerprint density at radius 2 is 2.25 bits per heavy atom. The van der Waals surface area contributed by atoms with Crippen molar-refractivity contribution >= 4 is 5.91 Å². The van der Waals surface area contributed by atoms with Gasteiger partial charge in [-0.05, 0) is 24.9 Å². The predicted molar refractivity (Wildman–Crippen MR) is 63.1 cm³/mol. The normalized spacial score (nSPS) is 11.6. The smallest absolute Gasteiger partial charge is 0.269 e. The van der Waals surface area contributed by atoms with Crippen LogP contribution < -0.4 is 11.1 Å². The third kappa shape index (κ3) is 3.06. The van der Waals surface area contributed by atoms with Gasteiger partial charge in [-0.15, -0.1) is 0 Å². The van der Waals surface area contributed by atoms with Crippen LogP contribution in [0.15, 0.2) is 6.07 Å². The van der Waals surface area contributed by atoms with Gasteiger partial charge in [0.2, 0.25) is 0 Å². The van der Waals surface area contributed by atoms with Crippen molar-refractivity contribution in [3.63, 3.8) is 0 Å². The maximum Gasteiger partial charge on any atom is 0.269 e. The highest BCUT2D eigenvalue weighted by Gasteiger charge is 2.18. The SMILES string of the molecule is Cc1cc(C(=O)NCC(C)(C)CN)n(C)n1.